The van der Waals surface area contributed by atoms with Gasteiger partial charge in [0.2, 0.25) is 11.7 Å². The lowest BCUT2D eigenvalue weighted by Crippen LogP contribution is -2.44. The first kappa shape index (κ1) is 24.2. The van der Waals surface area contributed by atoms with Crippen LogP contribution in [0.2, 0.25) is 5.02 Å². The first-order chi connectivity index (χ1) is 17.7. The van der Waals surface area contributed by atoms with Gasteiger partial charge in [-0.15, -0.1) is 0 Å². The summed E-state index contributed by atoms with van der Waals surface area (Å²) >= 11 is 6.42. The highest BCUT2D eigenvalue weighted by Gasteiger charge is 2.51. The molecule has 0 radical (unpaired) electrons. The highest BCUT2D eigenvalue weighted by molar-refractivity contribution is 6.32. The normalized spacial score (nSPS) is 23.1. The number of anilines is 4. The van der Waals surface area contributed by atoms with Crippen molar-refractivity contribution in [2.45, 2.75) is 37.8 Å². The summed E-state index contributed by atoms with van der Waals surface area (Å²) < 4.78 is 42.2. The first-order valence-electron chi connectivity index (χ1n) is 12.3. The molecular weight excluding hydrogens is 506 g/mol. The number of alkyl halides is 2. The molecule has 3 aliphatic rings. The number of aryl methyl sites for hydroxylation is 1. The molecule has 0 spiro atoms. The minimum Gasteiger partial charge on any atom is -0.480 e. The predicted molar refractivity (Wildman–Crippen MR) is 138 cm³/mol. The molecular formula is C25H27ClF2N6O3. The van der Waals surface area contributed by atoms with E-state index in [-0.39, 0.29) is 23.5 Å². The topological polar surface area (TPSA) is 93.5 Å². The zero-order valence-corrected chi connectivity index (χ0v) is 21.2. The molecule has 2 aromatic heterocycles. The van der Waals surface area contributed by atoms with Crippen LogP contribution < -0.4 is 25.8 Å². The van der Waals surface area contributed by atoms with Crippen LogP contribution in [0.25, 0.3) is 10.9 Å². The van der Waals surface area contributed by atoms with E-state index < -0.39 is 24.1 Å². The maximum absolute atomic E-state index is 14.9. The second kappa shape index (κ2) is 8.98. The minimum absolute atomic E-state index is 0.0633. The predicted octanol–water partition coefficient (Wildman–Crippen LogP) is 4.17. The summed E-state index contributed by atoms with van der Waals surface area (Å²) in [5.74, 6) is -2.42. The Kier molecular flexibility index (Phi) is 5.87. The quantitative estimate of drug-likeness (QED) is 0.517. The number of aromatic nitrogens is 3. The first-order valence-corrected chi connectivity index (χ1v) is 12.7. The maximum Gasteiger partial charge on any atom is 0.301 e. The molecule has 2 N–H and O–H groups in total. The minimum atomic E-state index is -3.10. The van der Waals surface area contributed by atoms with Crippen molar-refractivity contribution in [1.82, 2.24) is 14.5 Å². The number of morpholine rings is 1. The standard InChI is InChI=1S/C25H27ClF2N6O3/c1-13-11-34(7-8-36-13)24-29-10-17(26)22(32-24)30-15-5-6-18-16(9-15)19-20(23(35)33(18)2)37-12-25(27,28)21(31-19)14-3-4-14/h5-6,9-10,13-14,21,31H,3-4,7-8,11-12H2,1-2H3,(H,29,30,32). The van der Waals surface area contributed by atoms with E-state index in [0.29, 0.717) is 65.9 Å². The number of nitrogens with zero attached hydrogens (tertiary/aromatic N) is 4. The molecule has 37 heavy (non-hydrogen) atoms. The lowest BCUT2D eigenvalue weighted by atomic mass is 10.0. The van der Waals surface area contributed by atoms with E-state index in [4.69, 9.17) is 21.1 Å². The second-order valence-corrected chi connectivity index (χ2v) is 10.3. The Hall–Kier alpha value is -3.18. The van der Waals surface area contributed by atoms with Crippen LogP contribution in [0.5, 0.6) is 5.75 Å². The van der Waals surface area contributed by atoms with Crippen LogP contribution in [0.3, 0.4) is 0 Å². The van der Waals surface area contributed by atoms with Crippen LogP contribution in [0.1, 0.15) is 19.8 Å². The molecule has 2 unspecified atom stereocenters. The highest BCUT2D eigenvalue weighted by atomic mass is 35.5. The van der Waals surface area contributed by atoms with Gasteiger partial charge in [-0.3, -0.25) is 4.79 Å². The fourth-order valence-electron chi connectivity index (χ4n) is 5.02. The molecule has 1 saturated heterocycles. The largest absolute Gasteiger partial charge is 0.480 e. The van der Waals surface area contributed by atoms with Crippen molar-refractivity contribution in [3.05, 3.63) is 39.8 Å². The third kappa shape index (κ3) is 4.44. The molecule has 4 heterocycles. The van der Waals surface area contributed by atoms with E-state index in [1.807, 2.05) is 11.8 Å². The van der Waals surface area contributed by atoms with Gasteiger partial charge in [0.05, 0.1) is 36.2 Å². The van der Waals surface area contributed by atoms with Crippen LogP contribution in [0, 0.1) is 5.92 Å². The van der Waals surface area contributed by atoms with E-state index >= 15 is 0 Å². The highest BCUT2D eigenvalue weighted by Crippen LogP contribution is 2.45. The average Bonchev–Trinajstić information content (AvgIpc) is 3.71. The van der Waals surface area contributed by atoms with Crippen LogP contribution >= 0.6 is 11.6 Å². The maximum atomic E-state index is 14.9. The van der Waals surface area contributed by atoms with Gasteiger partial charge in [-0.25, -0.2) is 13.8 Å². The van der Waals surface area contributed by atoms with E-state index in [2.05, 4.69) is 20.6 Å². The molecule has 2 atom stereocenters. The Balaban J connectivity index is 1.39. The lowest BCUT2D eigenvalue weighted by molar-refractivity contribution is -0.0579. The van der Waals surface area contributed by atoms with Crippen LogP contribution in [-0.4, -0.2) is 58.9 Å². The third-order valence-corrected chi connectivity index (χ3v) is 7.41. The number of fused-ring (bicyclic) bond motifs is 3. The van der Waals surface area contributed by atoms with Crippen LogP contribution in [0.15, 0.2) is 29.2 Å². The molecule has 1 aromatic carbocycles. The van der Waals surface area contributed by atoms with Crippen LogP contribution in [-0.2, 0) is 11.8 Å². The summed E-state index contributed by atoms with van der Waals surface area (Å²) in [6.07, 6.45) is 3.04. The van der Waals surface area contributed by atoms with Gasteiger partial charge in [-0.2, -0.15) is 4.98 Å². The summed E-state index contributed by atoms with van der Waals surface area (Å²) in [5.41, 5.74) is 1.02. The Bertz CT molecular complexity index is 1430. The molecule has 2 fully saturated rings. The average molecular weight is 533 g/mol. The number of ether oxygens (including phenoxy) is 2. The van der Waals surface area contributed by atoms with E-state index in [1.54, 1.807) is 31.4 Å². The zero-order chi connectivity index (χ0) is 25.9. The van der Waals surface area contributed by atoms with Gasteiger partial charge in [0, 0.05) is 31.2 Å². The Morgan fingerprint density at radius 3 is 2.86 bits per heavy atom. The molecule has 1 saturated carbocycles. The third-order valence-electron chi connectivity index (χ3n) is 7.13. The molecule has 9 nitrogen and oxygen atoms in total. The summed E-state index contributed by atoms with van der Waals surface area (Å²) in [5, 5.41) is 7.14. The number of rotatable bonds is 4. The molecule has 12 heteroatoms. The van der Waals surface area contributed by atoms with Crippen molar-refractivity contribution in [2.75, 3.05) is 41.8 Å². The van der Waals surface area contributed by atoms with Crippen LogP contribution in [0.4, 0.5) is 31.9 Å². The van der Waals surface area contributed by atoms with Crippen molar-refractivity contribution in [3.63, 3.8) is 0 Å². The Morgan fingerprint density at radius 2 is 2.11 bits per heavy atom. The van der Waals surface area contributed by atoms with E-state index in [1.165, 1.54) is 4.57 Å². The molecule has 0 bridgehead atoms. The van der Waals surface area contributed by atoms with Gasteiger partial charge in [0.25, 0.3) is 5.56 Å². The smallest absolute Gasteiger partial charge is 0.301 e. The summed E-state index contributed by atoms with van der Waals surface area (Å²) in [6, 6.07) is 4.23. The number of hydrogen-bond acceptors (Lipinski definition) is 8. The van der Waals surface area contributed by atoms with Gasteiger partial charge >= 0.3 is 5.92 Å². The number of halogens is 3. The second-order valence-electron chi connectivity index (χ2n) is 9.93. The van der Waals surface area contributed by atoms with E-state index in [0.717, 1.165) is 0 Å². The number of benzene rings is 1. The molecule has 3 aromatic rings. The molecule has 6 rings (SSSR count). The summed E-state index contributed by atoms with van der Waals surface area (Å²) in [4.78, 5) is 24.0. The molecule has 196 valence electrons. The van der Waals surface area contributed by atoms with Crippen molar-refractivity contribution in [2.24, 2.45) is 13.0 Å². The zero-order valence-electron chi connectivity index (χ0n) is 20.4. The SMILES string of the molecule is CC1CN(c2ncc(Cl)c(Nc3ccc4c(c3)c3c(c(=O)n4C)OCC(F)(F)C(C4CC4)N3)n2)CCO1. The van der Waals surface area contributed by atoms with Crippen molar-refractivity contribution >= 4 is 45.6 Å². The molecule has 1 aliphatic carbocycles. The monoisotopic (exact) mass is 532 g/mol. The van der Waals surface area contributed by atoms with Gasteiger partial charge in [0.15, 0.2) is 12.4 Å². The van der Waals surface area contributed by atoms with Gasteiger partial charge in [0.1, 0.15) is 5.02 Å². The van der Waals surface area contributed by atoms with Crippen molar-refractivity contribution in [1.29, 1.82) is 0 Å². The Morgan fingerprint density at radius 1 is 1.30 bits per heavy atom. The summed E-state index contributed by atoms with van der Waals surface area (Å²) in [6.45, 7) is 3.07. The number of hydrogen-bond donors (Lipinski definition) is 2. The van der Waals surface area contributed by atoms with Gasteiger partial charge in [-0.1, -0.05) is 11.6 Å². The van der Waals surface area contributed by atoms with Gasteiger partial charge < -0.3 is 29.6 Å². The molecule has 0 amide bonds. The number of nitrogens with one attached hydrogen (secondary N) is 2. The van der Waals surface area contributed by atoms with E-state index in [9.17, 15) is 13.6 Å². The lowest BCUT2D eigenvalue weighted by Gasteiger charge is -2.31. The van der Waals surface area contributed by atoms with Crippen molar-refractivity contribution in [3.8, 4) is 5.75 Å². The summed E-state index contributed by atoms with van der Waals surface area (Å²) in [7, 11) is 1.60. The fourth-order valence-corrected chi connectivity index (χ4v) is 5.16. The fraction of sp³-hybridized carbons (Fsp3) is 0.480. The number of pyridine rings is 1. The molecule has 2 aliphatic heterocycles. The van der Waals surface area contributed by atoms with Crippen molar-refractivity contribution < 1.29 is 18.3 Å². The Labute approximate surface area is 216 Å². The van der Waals surface area contributed by atoms with Gasteiger partial charge in [-0.05, 0) is 43.9 Å².